The van der Waals surface area contributed by atoms with Crippen molar-refractivity contribution in [3.05, 3.63) is 145 Å². The Hall–Kier alpha value is -5.14. The van der Waals surface area contributed by atoms with Crippen LogP contribution in [-0.2, 0) is 0 Å². The maximum atomic E-state index is 9.42. The number of fused-ring (bicyclic) bond motifs is 5. The molecule has 0 atom stereocenters. The summed E-state index contributed by atoms with van der Waals surface area (Å²) < 4.78 is 103. The van der Waals surface area contributed by atoms with Crippen LogP contribution in [0.4, 0.5) is 0 Å². The van der Waals surface area contributed by atoms with Gasteiger partial charge in [0.05, 0.1) is 15.1 Å². The van der Waals surface area contributed by atoms with Crippen molar-refractivity contribution in [2.45, 2.75) is 0 Å². The van der Waals surface area contributed by atoms with Crippen molar-refractivity contribution in [3.63, 3.8) is 0 Å². The molecular weight excluding hydrogens is 472 g/mol. The van der Waals surface area contributed by atoms with E-state index in [4.69, 9.17) is 16.8 Å². The first-order valence-electron chi connectivity index (χ1n) is 18.0. The van der Waals surface area contributed by atoms with Gasteiger partial charge in [-0.25, -0.2) is 0 Å². The fraction of sp³-hybridized carbons (Fsp3) is 0. The summed E-state index contributed by atoms with van der Waals surface area (Å²) in [7, 11) is 0. The van der Waals surface area contributed by atoms with Crippen molar-refractivity contribution in [2.75, 3.05) is 0 Å². The minimum atomic E-state index is -0.508. The highest BCUT2D eigenvalue weighted by Crippen LogP contribution is 2.47. The molecule has 0 saturated heterocycles. The number of rotatable bonds is 3. The fourth-order valence-electron chi connectivity index (χ4n) is 5.43. The second-order valence-corrected chi connectivity index (χ2v) is 9.22. The molecule has 0 aliphatic carbocycles. The molecule has 0 bridgehead atoms. The van der Waals surface area contributed by atoms with E-state index in [9.17, 15) is 2.74 Å². The van der Waals surface area contributed by atoms with Crippen LogP contribution in [0.1, 0.15) is 15.1 Å². The Labute approximate surface area is 242 Å². The van der Waals surface area contributed by atoms with Crippen LogP contribution in [0.25, 0.3) is 76.9 Å². The largest absolute Gasteiger partial charge is 0.456 e. The maximum absolute atomic E-state index is 9.42. The van der Waals surface area contributed by atoms with Gasteiger partial charge in [-0.05, 0) is 73.1 Å². The van der Waals surface area contributed by atoms with Crippen LogP contribution in [0.15, 0.2) is 150 Å². The fourth-order valence-corrected chi connectivity index (χ4v) is 5.43. The van der Waals surface area contributed by atoms with Crippen LogP contribution in [0, 0.1) is 0 Å². The van der Waals surface area contributed by atoms with Gasteiger partial charge in [0, 0.05) is 10.8 Å². The zero-order chi connectivity index (χ0) is 35.3. The average molecular weight is 508 g/mol. The first-order valence-corrected chi connectivity index (χ1v) is 12.5. The molecule has 0 N–H and O–H groups in total. The molecule has 0 amide bonds. The molecule has 182 valence electrons. The summed E-state index contributed by atoms with van der Waals surface area (Å²) in [5.74, 6) is 0. The molecule has 1 heteroatoms. The second kappa shape index (κ2) is 8.72. The smallest absolute Gasteiger partial charge is 0.136 e. The van der Waals surface area contributed by atoms with E-state index in [1.165, 1.54) is 0 Å². The lowest BCUT2D eigenvalue weighted by atomic mass is 9.85. The Morgan fingerprint density at radius 3 is 1.77 bits per heavy atom. The normalized spacial score (nSPS) is 15.5. The molecule has 7 aromatic carbocycles. The third-order valence-corrected chi connectivity index (χ3v) is 7.07. The van der Waals surface area contributed by atoms with E-state index < -0.39 is 24.2 Å². The SMILES string of the molecule is [2H]c1c([2H])c([2H])c(-c2c3ccccc3c(-c3c([2H])c([2H])c([2H])c4oc5c([2H])c([2H])c(-c6ccccc6)c([2H])c5c34)c3ccccc23)c([2H])c1[2H]. The molecule has 0 spiro atoms. The van der Waals surface area contributed by atoms with E-state index >= 15 is 0 Å². The van der Waals surface area contributed by atoms with E-state index in [2.05, 4.69) is 0 Å². The highest BCUT2D eigenvalue weighted by Gasteiger charge is 2.20. The Kier molecular flexibility index (Phi) is 3.04. The third-order valence-electron chi connectivity index (χ3n) is 7.07. The zero-order valence-corrected chi connectivity index (χ0v) is 20.4. The van der Waals surface area contributed by atoms with Crippen molar-refractivity contribution in [2.24, 2.45) is 0 Å². The predicted octanol–water partition coefficient (Wildman–Crippen LogP) is 10.9. The lowest BCUT2D eigenvalue weighted by molar-refractivity contribution is 0.669. The summed E-state index contributed by atoms with van der Waals surface area (Å²) in [6.45, 7) is 0. The number of furan rings is 1. The Bertz CT molecular complexity index is 2680. The van der Waals surface area contributed by atoms with Gasteiger partial charge in [0.2, 0.25) is 0 Å². The van der Waals surface area contributed by atoms with Crippen LogP contribution < -0.4 is 0 Å². The van der Waals surface area contributed by atoms with Gasteiger partial charge in [0.1, 0.15) is 11.2 Å². The number of hydrogen-bond donors (Lipinski definition) is 0. The molecule has 0 saturated carbocycles. The molecule has 0 radical (unpaired) electrons. The number of hydrogen-bond acceptors (Lipinski definition) is 1. The van der Waals surface area contributed by atoms with E-state index in [-0.39, 0.29) is 80.9 Å². The average Bonchev–Trinajstić information content (AvgIpc) is 3.53. The molecule has 0 unspecified atom stereocenters. The van der Waals surface area contributed by atoms with Crippen LogP contribution in [0.5, 0.6) is 0 Å². The topological polar surface area (TPSA) is 13.1 Å². The van der Waals surface area contributed by atoms with Gasteiger partial charge in [-0.1, -0.05) is 127 Å². The Balaban J connectivity index is 1.63. The third kappa shape index (κ3) is 3.41. The lowest BCUT2D eigenvalue weighted by Crippen LogP contribution is -1.91. The van der Waals surface area contributed by atoms with E-state index in [0.29, 0.717) is 38.2 Å². The summed E-state index contributed by atoms with van der Waals surface area (Å²) in [4.78, 5) is 0. The standard InChI is InChI=1S/C38H24O/c1-3-12-25(13-4-1)27-22-23-34-33(24-27)38-32(20-11-21-35(38)39-34)37-30-18-9-7-16-28(30)36(26-14-5-2-6-15-26)29-17-8-10-19-31(29)37/h1-24H/i2D,5D,6D,11D,14D,15D,20D,21D,22D,23D,24D. The Morgan fingerprint density at radius 2 is 1.08 bits per heavy atom. The Morgan fingerprint density at radius 1 is 0.436 bits per heavy atom. The van der Waals surface area contributed by atoms with E-state index in [0.717, 1.165) is 0 Å². The van der Waals surface area contributed by atoms with Crippen molar-refractivity contribution < 1.29 is 19.5 Å². The van der Waals surface area contributed by atoms with Crippen LogP contribution >= 0.6 is 0 Å². The monoisotopic (exact) mass is 507 g/mol. The number of benzene rings is 7. The molecule has 1 heterocycles. The second-order valence-electron chi connectivity index (χ2n) is 9.22. The first-order chi connectivity index (χ1) is 24.0. The van der Waals surface area contributed by atoms with E-state index in [1.807, 2.05) is 0 Å². The molecule has 0 fully saturated rings. The molecule has 0 aliphatic heterocycles. The van der Waals surface area contributed by atoms with E-state index in [1.54, 1.807) is 78.9 Å². The molecular formula is C38H24O. The van der Waals surface area contributed by atoms with Gasteiger partial charge >= 0.3 is 0 Å². The van der Waals surface area contributed by atoms with Crippen LogP contribution in [0.2, 0.25) is 0 Å². The minimum Gasteiger partial charge on any atom is -0.456 e. The van der Waals surface area contributed by atoms with Crippen molar-refractivity contribution >= 4 is 43.5 Å². The minimum absolute atomic E-state index is 0.0189. The highest BCUT2D eigenvalue weighted by molar-refractivity contribution is 6.25. The molecule has 1 nitrogen and oxygen atoms in total. The van der Waals surface area contributed by atoms with Crippen molar-refractivity contribution in [1.29, 1.82) is 0 Å². The van der Waals surface area contributed by atoms with Gasteiger partial charge in [-0.3, -0.25) is 0 Å². The molecule has 8 aromatic rings. The molecule has 1 aromatic heterocycles. The summed E-state index contributed by atoms with van der Waals surface area (Å²) >= 11 is 0. The van der Waals surface area contributed by atoms with Gasteiger partial charge in [-0.2, -0.15) is 0 Å². The zero-order valence-electron chi connectivity index (χ0n) is 31.4. The van der Waals surface area contributed by atoms with Gasteiger partial charge in [0.25, 0.3) is 0 Å². The summed E-state index contributed by atoms with van der Waals surface area (Å²) in [6, 6.07) is 19.1. The van der Waals surface area contributed by atoms with Gasteiger partial charge < -0.3 is 4.42 Å². The van der Waals surface area contributed by atoms with Crippen molar-refractivity contribution in [1.82, 2.24) is 0 Å². The van der Waals surface area contributed by atoms with Gasteiger partial charge in [0.15, 0.2) is 0 Å². The van der Waals surface area contributed by atoms with Crippen molar-refractivity contribution in [3.8, 4) is 33.4 Å². The maximum Gasteiger partial charge on any atom is 0.136 e. The van der Waals surface area contributed by atoms with Crippen LogP contribution in [-0.4, -0.2) is 0 Å². The molecule has 8 rings (SSSR count). The first kappa shape index (κ1) is 13.6. The molecule has 0 aliphatic rings. The van der Waals surface area contributed by atoms with Gasteiger partial charge in [-0.15, -0.1) is 0 Å². The summed E-state index contributed by atoms with van der Waals surface area (Å²) in [5, 5.41) is 2.44. The highest BCUT2D eigenvalue weighted by atomic mass is 16.3. The summed E-state index contributed by atoms with van der Waals surface area (Å²) in [6.07, 6.45) is 0. The summed E-state index contributed by atoms with van der Waals surface area (Å²) in [5.41, 5.74) is 1.61. The predicted molar refractivity (Wildman–Crippen MR) is 165 cm³/mol. The lowest BCUT2D eigenvalue weighted by Gasteiger charge is -2.18. The van der Waals surface area contributed by atoms with Crippen LogP contribution in [0.3, 0.4) is 0 Å². The quantitative estimate of drug-likeness (QED) is 0.217. The molecule has 39 heavy (non-hydrogen) atoms.